The van der Waals surface area contributed by atoms with Gasteiger partial charge in [-0.2, -0.15) is 0 Å². The molecule has 1 unspecified atom stereocenters. The van der Waals surface area contributed by atoms with E-state index >= 15 is 0 Å². The molecule has 0 radical (unpaired) electrons. The molecule has 1 amide bonds. The minimum Gasteiger partial charge on any atom is -0.494 e. The third-order valence-corrected chi connectivity index (χ3v) is 5.48. The number of benzene rings is 1. The number of ketones is 1. The van der Waals surface area contributed by atoms with E-state index in [1.54, 1.807) is 42.5 Å². The first-order valence-electron chi connectivity index (χ1n) is 8.72. The van der Waals surface area contributed by atoms with Gasteiger partial charge in [-0.25, -0.2) is 0 Å². The second-order valence-electron chi connectivity index (χ2n) is 6.29. The first kappa shape index (κ1) is 17.7. The number of carbonyl (C=O) groups is 2. The van der Waals surface area contributed by atoms with Crippen LogP contribution in [0, 0.1) is 0 Å². The SMILES string of the molecule is CC(=O)c1ccc(OCCCC(=O)N2CCCC2c2cccs2)cc1. The minimum atomic E-state index is 0.0445. The van der Waals surface area contributed by atoms with Crippen LogP contribution in [0.15, 0.2) is 41.8 Å². The summed E-state index contributed by atoms with van der Waals surface area (Å²) in [6.07, 6.45) is 3.34. The Kier molecular flexibility index (Phi) is 5.87. The predicted octanol–water partition coefficient (Wildman–Crippen LogP) is 4.47. The highest BCUT2D eigenvalue weighted by Crippen LogP contribution is 2.34. The lowest BCUT2D eigenvalue weighted by molar-refractivity contribution is -0.132. The molecule has 2 heterocycles. The van der Waals surface area contributed by atoms with Gasteiger partial charge in [-0.1, -0.05) is 6.07 Å². The molecule has 25 heavy (non-hydrogen) atoms. The maximum absolute atomic E-state index is 12.5. The Morgan fingerprint density at radius 3 is 2.72 bits per heavy atom. The van der Waals surface area contributed by atoms with Gasteiger partial charge in [0, 0.05) is 23.4 Å². The topological polar surface area (TPSA) is 46.6 Å². The summed E-state index contributed by atoms with van der Waals surface area (Å²) in [5, 5.41) is 2.07. The second kappa shape index (κ2) is 8.30. The monoisotopic (exact) mass is 357 g/mol. The van der Waals surface area contributed by atoms with Gasteiger partial charge >= 0.3 is 0 Å². The van der Waals surface area contributed by atoms with Gasteiger partial charge in [0.15, 0.2) is 5.78 Å². The maximum Gasteiger partial charge on any atom is 0.223 e. The molecule has 0 N–H and O–H groups in total. The Balaban J connectivity index is 1.44. The third kappa shape index (κ3) is 4.48. The zero-order valence-corrected chi connectivity index (χ0v) is 15.3. The fourth-order valence-corrected chi connectivity index (χ4v) is 4.06. The molecule has 1 atom stereocenters. The number of Topliss-reactive ketones (excluding diaryl/α,β-unsaturated/α-hetero) is 1. The molecular formula is C20H23NO3S. The largest absolute Gasteiger partial charge is 0.494 e. The molecule has 0 spiro atoms. The van der Waals surface area contributed by atoms with Crippen LogP contribution in [-0.4, -0.2) is 29.7 Å². The number of hydrogen-bond donors (Lipinski definition) is 0. The summed E-state index contributed by atoms with van der Waals surface area (Å²) in [6, 6.07) is 11.5. The van der Waals surface area contributed by atoms with E-state index < -0.39 is 0 Å². The fourth-order valence-electron chi connectivity index (χ4n) is 3.18. The van der Waals surface area contributed by atoms with Crippen LogP contribution in [0.2, 0.25) is 0 Å². The third-order valence-electron chi connectivity index (χ3n) is 4.51. The van der Waals surface area contributed by atoms with E-state index in [0.29, 0.717) is 25.0 Å². The first-order valence-corrected chi connectivity index (χ1v) is 9.60. The van der Waals surface area contributed by atoms with Crippen molar-refractivity contribution in [1.29, 1.82) is 0 Å². The van der Waals surface area contributed by atoms with Crippen molar-refractivity contribution < 1.29 is 14.3 Å². The van der Waals surface area contributed by atoms with Crippen molar-refractivity contribution in [3.63, 3.8) is 0 Å². The lowest BCUT2D eigenvalue weighted by atomic mass is 10.1. The van der Waals surface area contributed by atoms with Gasteiger partial charge in [0.2, 0.25) is 5.91 Å². The van der Waals surface area contributed by atoms with E-state index in [2.05, 4.69) is 11.4 Å². The van der Waals surface area contributed by atoms with Crippen LogP contribution in [0.25, 0.3) is 0 Å². The summed E-state index contributed by atoms with van der Waals surface area (Å²) in [7, 11) is 0. The Labute approximate surface area is 152 Å². The van der Waals surface area contributed by atoms with Crippen molar-refractivity contribution in [2.24, 2.45) is 0 Å². The molecule has 132 valence electrons. The normalized spacial score (nSPS) is 16.8. The van der Waals surface area contributed by atoms with Gasteiger partial charge in [0.1, 0.15) is 5.75 Å². The maximum atomic E-state index is 12.5. The highest BCUT2D eigenvalue weighted by Gasteiger charge is 2.29. The molecule has 1 fully saturated rings. The zero-order valence-electron chi connectivity index (χ0n) is 14.4. The van der Waals surface area contributed by atoms with Crippen molar-refractivity contribution in [3.05, 3.63) is 52.2 Å². The number of ether oxygens (including phenoxy) is 1. The molecule has 0 bridgehead atoms. The van der Waals surface area contributed by atoms with Crippen LogP contribution < -0.4 is 4.74 Å². The van der Waals surface area contributed by atoms with Crippen LogP contribution in [-0.2, 0) is 4.79 Å². The molecule has 0 aliphatic carbocycles. The number of amides is 1. The van der Waals surface area contributed by atoms with E-state index in [9.17, 15) is 9.59 Å². The van der Waals surface area contributed by atoms with Crippen LogP contribution in [0.3, 0.4) is 0 Å². The van der Waals surface area contributed by atoms with Gasteiger partial charge in [-0.3, -0.25) is 9.59 Å². The molecule has 5 heteroatoms. The van der Waals surface area contributed by atoms with Gasteiger partial charge in [0.05, 0.1) is 12.6 Å². The Morgan fingerprint density at radius 2 is 2.04 bits per heavy atom. The molecule has 4 nitrogen and oxygen atoms in total. The zero-order chi connectivity index (χ0) is 17.6. The molecule has 3 rings (SSSR count). The molecule has 2 aromatic rings. The predicted molar refractivity (Wildman–Crippen MR) is 99.2 cm³/mol. The highest BCUT2D eigenvalue weighted by atomic mass is 32.1. The van der Waals surface area contributed by atoms with Crippen molar-refractivity contribution >= 4 is 23.0 Å². The number of nitrogens with zero attached hydrogens (tertiary/aromatic N) is 1. The number of carbonyl (C=O) groups excluding carboxylic acids is 2. The molecular weight excluding hydrogens is 334 g/mol. The van der Waals surface area contributed by atoms with Crippen LogP contribution in [0.5, 0.6) is 5.75 Å². The highest BCUT2D eigenvalue weighted by molar-refractivity contribution is 7.10. The average Bonchev–Trinajstić information content (AvgIpc) is 3.29. The Bertz CT molecular complexity index is 709. The van der Waals surface area contributed by atoms with Gasteiger partial charge in [-0.15, -0.1) is 11.3 Å². The molecule has 1 aromatic carbocycles. The molecule has 0 saturated carbocycles. The van der Waals surface area contributed by atoms with E-state index in [4.69, 9.17) is 4.74 Å². The second-order valence-corrected chi connectivity index (χ2v) is 7.27. The number of thiophene rings is 1. The molecule has 1 saturated heterocycles. The van der Waals surface area contributed by atoms with Crippen LogP contribution in [0.4, 0.5) is 0 Å². The summed E-state index contributed by atoms with van der Waals surface area (Å²) in [4.78, 5) is 27.1. The quantitative estimate of drug-likeness (QED) is 0.542. The number of hydrogen-bond acceptors (Lipinski definition) is 4. The Hall–Kier alpha value is -2.14. The average molecular weight is 357 g/mol. The molecule has 1 aromatic heterocycles. The summed E-state index contributed by atoms with van der Waals surface area (Å²) in [5.41, 5.74) is 0.677. The summed E-state index contributed by atoms with van der Waals surface area (Å²) in [5.74, 6) is 0.990. The summed E-state index contributed by atoms with van der Waals surface area (Å²) >= 11 is 1.73. The van der Waals surface area contributed by atoms with Crippen LogP contribution >= 0.6 is 11.3 Å². The van der Waals surface area contributed by atoms with Crippen molar-refractivity contribution in [2.75, 3.05) is 13.2 Å². The molecule has 1 aliphatic heterocycles. The van der Waals surface area contributed by atoms with Gasteiger partial charge in [-0.05, 0) is 61.9 Å². The van der Waals surface area contributed by atoms with E-state index in [-0.39, 0.29) is 17.7 Å². The van der Waals surface area contributed by atoms with Crippen molar-refractivity contribution in [1.82, 2.24) is 4.90 Å². The first-order chi connectivity index (χ1) is 12.1. The van der Waals surface area contributed by atoms with Crippen molar-refractivity contribution in [3.8, 4) is 5.75 Å². The summed E-state index contributed by atoms with van der Waals surface area (Å²) < 4.78 is 5.67. The van der Waals surface area contributed by atoms with Gasteiger partial charge < -0.3 is 9.64 Å². The van der Waals surface area contributed by atoms with Gasteiger partial charge in [0.25, 0.3) is 0 Å². The Morgan fingerprint density at radius 1 is 1.24 bits per heavy atom. The van der Waals surface area contributed by atoms with Crippen LogP contribution in [0.1, 0.15) is 53.9 Å². The number of likely N-dealkylation sites (tertiary alicyclic amines) is 1. The standard InChI is InChI=1S/C20H23NO3S/c1-15(22)16-8-10-17(11-9-16)24-13-3-7-20(23)21-12-2-5-18(21)19-6-4-14-25-19/h4,6,8-11,14,18H,2-3,5,7,12-13H2,1H3. The fraction of sp³-hybridized carbons (Fsp3) is 0.400. The smallest absolute Gasteiger partial charge is 0.223 e. The van der Waals surface area contributed by atoms with Crippen molar-refractivity contribution in [2.45, 2.75) is 38.6 Å². The van der Waals surface area contributed by atoms with E-state index in [0.717, 1.165) is 25.1 Å². The van der Waals surface area contributed by atoms with E-state index in [1.165, 1.54) is 4.88 Å². The molecule has 1 aliphatic rings. The van der Waals surface area contributed by atoms with E-state index in [1.807, 2.05) is 11.0 Å². The lowest BCUT2D eigenvalue weighted by Crippen LogP contribution is -2.30. The minimum absolute atomic E-state index is 0.0445. The lowest BCUT2D eigenvalue weighted by Gasteiger charge is -2.24. The summed E-state index contributed by atoms with van der Waals surface area (Å²) in [6.45, 7) is 2.90. The number of rotatable bonds is 7.